The van der Waals surface area contributed by atoms with Gasteiger partial charge in [-0.15, -0.1) is 0 Å². The molecule has 0 atom stereocenters. The number of fused-ring (bicyclic) bond motifs is 1. The van der Waals surface area contributed by atoms with Crippen molar-refractivity contribution < 1.29 is 4.79 Å². The van der Waals surface area contributed by atoms with Gasteiger partial charge in [-0.3, -0.25) is 4.79 Å². The van der Waals surface area contributed by atoms with E-state index in [2.05, 4.69) is 37.4 Å². The summed E-state index contributed by atoms with van der Waals surface area (Å²) in [6.07, 6.45) is 3.68. The lowest BCUT2D eigenvalue weighted by Crippen LogP contribution is -2.18. The fraction of sp³-hybridized carbons (Fsp3) is 0.238. The van der Waals surface area contributed by atoms with Gasteiger partial charge in [-0.05, 0) is 29.2 Å². The molecule has 25 heavy (non-hydrogen) atoms. The summed E-state index contributed by atoms with van der Waals surface area (Å²) in [6, 6.07) is 15.8. The van der Waals surface area contributed by atoms with Crippen molar-refractivity contribution in [1.29, 1.82) is 0 Å². The lowest BCUT2D eigenvalue weighted by atomic mass is 9.87. The summed E-state index contributed by atoms with van der Waals surface area (Å²) in [5.74, 6) is -0.211. The molecule has 0 aliphatic carbocycles. The van der Waals surface area contributed by atoms with Crippen LogP contribution >= 0.6 is 0 Å². The van der Waals surface area contributed by atoms with Crippen molar-refractivity contribution in [2.24, 2.45) is 12.1 Å². The summed E-state index contributed by atoms with van der Waals surface area (Å²) in [5.41, 5.74) is 6.58. The zero-order valence-electron chi connectivity index (χ0n) is 15.1. The Morgan fingerprint density at radius 3 is 2.44 bits per heavy atom. The highest BCUT2D eigenvalue weighted by Crippen LogP contribution is 2.22. The number of hydrazone groups is 1. The molecule has 0 fully saturated rings. The number of hydrogen-bond donors (Lipinski definition) is 1. The lowest BCUT2D eigenvalue weighted by Gasteiger charge is -2.18. The quantitative estimate of drug-likeness (QED) is 0.565. The molecular formula is C21H23N3O. The van der Waals surface area contributed by atoms with E-state index < -0.39 is 0 Å². The SMILES string of the molecule is Cn1cc(/C=N\NC(=O)c2ccc(C(C)(C)C)cc2)c2ccccc21. The number of aromatic nitrogens is 1. The highest BCUT2D eigenvalue weighted by Gasteiger charge is 2.14. The molecule has 1 heterocycles. The van der Waals surface area contributed by atoms with Gasteiger partial charge in [0.15, 0.2) is 0 Å². The van der Waals surface area contributed by atoms with Crippen molar-refractivity contribution in [2.45, 2.75) is 26.2 Å². The van der Waals surface area contributed by atoms with Crippen LogP contribution < -0.4 is 5.43 Å². The average molecular weight is 333 g/mol. The molecule has 1 N–H and O–H groups in total. The standard InChI is InChI=1S/C21H23N3O/c1-21(2,3)17-11-9-15(10-12-17)20(25)23-22-13-16-14-24(4)19-8-6-5-7-18(16)19/h5-14H,1-4H3,(H,23,25)/b22-13-. The van der Waals surface area contributed by atoms with Crippen molar-refractivity contribution in [2.75, 3.05) is 0 Å². The van der Waals surface area contributed by atoms with Gasteiger partial charge in [-0.1, -0.05) is 51.1 Å². The van der Waals surface area contributed by atoms with Crippen molar-refractivity contribution in [3.63, 3.8) is 0 Å². The summed E-state index contributed by atoms with van der Waals surface area (Å²) in [6.45, 7) is 6.45. The Labute approximate surface area is 148 Å². The second kappa shape index (κ2) is 6.55. The topological polar surface area (TPSA) is 46.4 Å². The predicted octanol–water partition coefficient (Wildman–Crippen LogP) is 4.24. The van der Waals surface area contributed by atoms with E-state index in [1.165, 1.54) is 5.56 Å². The maximum absolute atomic E-state index is 12.2. The molecule has 0 saturated carbocycles. The van der Waals surface area contributed by atoms with E-state index in [9.17, 15) is 4.79 Å². The Morgan fingerprint density at radius 2 is 1.76 bits per heavy atom. The summed E-state index contributed by atoms with van der Waals surface area (Å²) >= 11 is 0. The first-order chi connectivity index (χ1) is 11.9. The van der Waals surface area contributed by atoms with Gasteiger partial charge in [0.2, 0.25) is 0 Å². The predicted molar refractivity (Wildman–Crippen MR) is 103 cm³/mol. The van der Waals surface area contributed by atoms with Gasteiger partial charge < -0.3 is 4.57 Å². The molecule has 0 unspecified atom stereocenters. The number of benzene rings is 2. The van der Waals surface area contributed by atoms with E-state index in [4.69, 9.17) is 0 Å². The number of hydrogen-bond acceptors (Lipinski definition) is 2. The van der Waals surface area contributed by atoms with Crippen molar-refractivity contribution >= 4 is 23.0 Å². The van der Waals surface area contributed by atoms with Crippen molar-refractivity contribution in [1.82, 2.24) is 9.99 Å². The van der Waals surface area contributed by atoms with Crippen LogP contribution in [0.3, 0.4) is 0 Å². The summed E-state index contributed by atoms with van der Waals surface area (Å²) in [4.78, 5) is 12.2. The summed E-state index contributed by atoms with van der Waals surface area (Å²) in [5, 5.41) is 5.22. The maximum Gasteiger partial charge on any atom is 0.271 e. The van der Waals surface area contributed by atoms with Gasteiger partial charge in [-0.2, -0.15) is 5.10 Å². The molecule has 0 aliphatic rings. The molecule has 0 spiro atoms. The Balaban J connectivity index is 1.72. The third kappa shape index (κ3) is 3.63. The molecule has 4 heteroatoms. The molecular weight excluding hydrogens is 310 g/mol. The molecule has 0 bridgehead atoms. The van der Waals surface area contributed by atoms with Crippen molar-refractivity contribution in [3.8, 4) is 0 Å². The van der Waals surface area contributed by atoms with Crippen LogP contribution in [-0.4, -0.2) is 16.7 Å². The number of para-hydroxylation sites is 1. The Morgan fingerprint density at radius 1 is 1.08 bits per heavy atom. The molecule has 0 saturated heterocycles. The molecule has 4 nitrogen and oxygen atoms in total. The van der Waals surface area contributed by atoms with Gasteiger partial charge in [0, 0.05) is 35.3 Å². The molecule has 0 radical (unpaired) electrons. The molecule has 1 aromatic heterocycles. The van der Waals surface area contributed by atoms with Gasteiger partial charge in [0.25, 0.3) is 5.91 Å². The monoisotopic (exact) mass is 333 g/mol. The van der Waals surface area contributed by atoms with E-state index in [0.29, 0.717) is 5.56 Å². The zero-order valence-corrected chi connectivity index (χ0v) is 15.1. The first-order valence-electron chi connectivity index (χ1n) is 8.34. The Hall–Kier alpha value is -2.88. The first kappa shape index (κ1) is 17.0. The third-order valence-electron chi connectivity index (χ3n) is 4.31. The number of rotatable bonds is 3. The molecule has 1 amide bonds. The number of carbonyl (C=O) groups is 1. The Bertz CT molecular complexity index is 928. The van der Waals surface area contributed by atoms with Gasteiger partial charge in [-0.25, -0.2) is 5.43 Å². The fourth-order valence-electron chi connectivity index (χ4n) is 2.82. The average Bonchev–Trinajstić information content (AvgIpc) is 2.91. The number of aryl methyl sites for hydroxylation is 1. The molecule has 0 aliphatic heterocycles. The van der Waals surface area contributed by atoms with Crippen LogP contribution in [-0.2, 0) is 12.5 Å². The summed E-state index contributed by atoms with van der Waals surface area (Å²) < 4.78 is 2.05. The summed E-state index contributed by atoms with van der Waals surface area (Å²) in [7, 11) is 2.00. The van der Waals surface area contributed by atoms with Crippen LogP contribution in [0.1, 0.15) is 42.3 Å². The lowest BCUT2D eigenvalue weighted by molar-refractivity contribution is 0.0955. The minimum atomic E-state index is -0.211. The number of carbonyl (C=O) groups excluding carboxylic acids is 1. The van der Waals surface area contributed by atoms with E-state index >= 15 is 0 Å². The normalized spacial score (nSPS) is 12.0. The Kier molecular flexibility index (Phi) is 4.45. The zero-order chi connectivity index (χ0) is 18.0. The van der Waals surface area contributed by atoms with Crippen LogP contribution in [0.25, 0.3) is 10.9 Å². The fourth-order valence-corrected chi connectivity index (χ4v) is 2.82. The van der Waals surface area contributed by atoms with Gasteiger partial charge in [0.1, 0.15) is 0 Å². The van der Waals surface area contributed by atoms with Gasteiger partial charge >= 0.3 is 0 Å². The minimum Gasteiger partial charge on any atom is -0.350 e. The highest BCUT2D eigenvalue weighted by molar-refractivity contribution is 6.00. The largest absolute Gasteiger partial charge is 0.350 e. The van der Waals surface area contributed by atoms with E-state index in [1.54, 1.807) is 6.21 Å². The van der Waals surface area contributed by atoms with Crippen molar-refractivity contribution in [3.05, 3.63) is 71.4 Å². The van der Waals surface area contributed by atoms with Crippen LogP contribution in [0.15, 0.2) is 59.8 Å². The van der Waals surface area contributed by atoms with Crippen LogP contribution in [0.2, 0.25) is 0 Å². The highest BCUT2D eigenvalue weighted by atomic mass is 16.2. The third-order valence-corrected chi connectivity index (χ3v) is 4.31. The molecule has 3 aromatic rings. The molecule has 2 aromatic carbocycles. The smallest absolute Gasteiger partial charge is 0.271 e. The van der Waals surface area contributed by atoms with Crippen LogP contribution in [0.5, 0.6) is 0 Å². The van der Waals surface area contributed by atoms with E-state index in [0.717, 1.165) is 16.5 Å². The maximum atomic E-state index is 12.2. The second-order valence-corrected chi connectivity index (χ2v) is 7.24. The van der Waals surface area contributed by atoms with E-state index in [1.807, 2.05) is 60.3 Å². The first-order valence-corrected chi connectivity index (χ1v) is 8.34. The number of nitrogens with one attached hydrogen (secondary N) is 1. The number of nitrogens with zero attached hydrogens (tertiary/aromatic N) is 2. The van der Waals surface area contributed by atoms with Crippen LogP contribution in [0.4, 0.5) is 0 Å². The number of amides is 1. The van der Waals surface area contributed by atoms with E-state index in [-0.39, 0.29) is 11.3 Å². The molecule has 3 rings (SSSR count). The minimum absolute atomic E-state index is 0.0710. The molecule has 128 valence electrons. The second-order valence-electron chi connectivity index (χ2n) is 7.24. The van der Waals surface area contributed by atoms with Gasteiger partial charge in [0.05, 0.1) is 6.21 Å². The van der Waals surface area contributed by atoms with Crippen LogP contribution in [0, 0.1) is 0 Å².